The molecular formula is C12H24N2O2. The standard InChI is InChI=1S/C12H24N2O2/c1-10-7-11(3-4-14(10)2)13-8-12-9-15-5-6-16-12/h10-13H,3-9H2,1-2H3. The second-order valence-electron chi connectivity index (χ2n) is 5.03. The highest BCUT2D eigenvalue weighted by Crippen LogP contribution is 2.15. The lowest BCUT2D eigenvalue weighted by atomic mass is 9.99. The van der Waals surface area contributed by atoms with Gasteiger partial charge >= 0.3 is 0 Å². The van der Waals surface area contributed by atoms with Gasteiger partial charge in [0.1, 0.15) is 0 Å². The lowest BCUT2D eigenvalue weighted by molar-refractivity contribution is -0.0875. The molecule has 0 aliphatic carbocycles. The van der Waals surface area contributed by atoms with E-state index in [0.29, 0.717) is 12.1 Å². The van der Waals surface area contributed by atoms with Crippen LogP contribution < -0.4 is 5.32 Å². The summed E-state index contributed by atoms with van der Waals surface area (Å²) in [4.78, 5) is 2.43. The van der Waals surface area contributed by atoms with Crippen LogP contribution in [0, 0.1) is 0 Å². The van der Waals surface area contributed by atoms with Crippen LogP contribution in [0.15, 0.2) is 0 Å². The quantitative estimate of drug-likeness (QED) is 0.761. The molecule has 0 aromatic rings. The Hall–Kier alpha value is -0.160. The summed E-state index contributed by atoms with van der Waals surface area (Å²) in [6.45, 7) is 6.67. The molecular weight excluding hydrogens is 204 g/mol. The largest absolute Gasteiger partial charge is 0.376 e. The van der Waals surface area contributed by atoms with Crippen LogP contribution in [0.2, 0.25) is 0 Å². The maximum absolute atomic E-state index is 5.62. The normalized spacial score (nSPS) is 37.5. The molecule has 2 heterocycles. The van der Waals surface area contributed by atoms with Crippen molar-refractivity contribution in [1.82, 2.24) is 10.2 Å². The summed E-state index contributed by atoms with van der Waals surface area (Å²) in [5, 5.41) is 3.61. The number of hydrogen-bond acceptors (Lipinski definition) is 4. The zero-order valence-electron chi connectivity index (χ0n) is 10.4. The van der Waals surface area contributed by atoms with E-state index in [-0.39, 0.29) is 6.10 Å². The van der Waals surface area contributed by atoms with Gasteiger partial charge in [0.15, 0.2) is 0 Å². The smallest absolute Gasteiger partial charge is 0.0933 e. The minimum atomic E-state index is 0.253. The van der Waals surface area contributed by atoms with E-state index in [1.54, 1.807) is 0 Å². The van der Waals surface area contributed by atoms with Gasteiger partial charge in [-0.1, -0.05) is 0 Å². The monoisotopic (exact) mass is 228 g/mol. The molecule has 2 saturated heterocycles. The Kier molecular flexibility index (Phi) is 4.58. The SMILES string of the molecule is CC1CC(NCC2COCCO2)CCN1C. The number of ether oxygens (including phenoxy) is 2. The van der Waals surface area contributed by atoms with Crippen LogP contribution in [0.25, 0.3) is 0 Å². The Morgan fingerprint density at radius 2 is 2.25 bits per heavy atom. The molecule has 2 rings (SSSR count). The predicted molar refractivity (Wildman–Crippen MR) is 63.7 cm³/mol. The Morgan fingerprint density at radius 3 is 2.94 bits per heavy atom. The second kappa shape index (κ2) is 5.96. The molecule has 1 N–H and O–H groups in total. The van der Waals surface area contributed by atoms with Crippen LogP contribution in [-0.2, 0) is 9.47 Å². The Morgan fingerprint density at radius 1 is 1.38 bits per heavy atom. The highest BCUT2D eigenvalue weighted by molar-refractivity contribution is 4.82. The van der Waals surface area contributed by atoms with Crippen molar-refractivity contribution in [2.75, 3.05) is 40.0 Å². The molecule has 0 bridgehead atoms. The third-order valence-electron chi connectivity index (χ3n) is 3.73. The zero-order valence-corrected chi connectivity index (χ0v) is 10.4. The van der Waals surface area contributed by atoms with Gasteiger partial charge in [0, 0.05) is 18.6 Å². The summed E-state index contributed by atoms with van der Waals surface area (Å²) >= 11 is 0. The van der Waals surface area contributed by atoms with Crippen LogP contribution in [-0.4, -0.2) is 63.0 Å². The molecule has 0 aromatic heterocycles. The van der Waals surface area contributed by atoms with Crippen molar-refractivity contribution >= 4 is 0 Å². The minimum absolute atomic E-state index is 0.253. The van der Waals surface area contributed by atoms with Crippen LogP contribution in [0.3, 0.4) is 0 Å². The van der Waals surface area contributed by atoms with Gasteiger partial charge in [0.05, 0.1) is 25.9 Å². The average Bonchev–Trinajstić information content (AvgIpc) is 2.32. The topological polar surface area (TPSA) is 33.7 Å². The Bertz CT molecular complexity index is 207. The van der Waals surface area contributed by atoms with E-state index in [1.807, 2.05) is 0 Å². The number of rotatable bonds is 3. The lowest BCUT2D eigenvalue weighted by Crippen LogP contribution is -2.48. The molecule has 0 aromatic carbocycles. The number of hydrogen-bond donors (Lipinski definition) is 1. The molecule has 16 heavy (non-hydrogen) atoms. The van der Waals surface area contributed by atoms with Gasteiger partial charge in [0.2, 0.25) is 0 Å². The van der Waals surface area contributed by atoms with Gasteiger partial charge < -0.3 is 19.7 Å². The maximum Gasteiger partial charge on any atom is 0.0933 e. The molecule has 94 valence electrons. The van der Waals surface area contributed by atoms with Crippen molar-refractivity contribution < 1.29 is 9.47 Å². The molecule has 0 spiro atoms. The second-order valence-corrected chi connectivity index (χ2v) is 5.03. The molecule has 3 atom stereocenters. The van der Waals surface area contributed by atoms with Crippen molar-refractivity contribution in [3.8, 4) is 0 Å². The van der Waals surface area contributed by atoms with Gasteiger partial charge in [-0.05, 0) is 33.4 Å². The van der Waals surface area contributed by atoms with Crippen molar-refractivity contribution in [3.05, 3.63) is 0 Å². The molecule has 0 radical (unpaired) electrons. The highest BCUT2D eigenvalue weighted by Gasteiger charge is 2.23. The van der Waals surface area contributed by atoms with E-state index in [4.69, 9.17) is 9.47 Å². The van der Waals surface area contributed by atoms with E-state index in [9.17, 15) is 0 Å². The summed E-state index contributed by atoms with van der Waals surface area (Å²) in [6, 6.07) is 1.34. The predicted octanol–water partition coefficient (Wildman–Crippen LogP) is 0.474. The van der Waals surface area contributed by atoms with E-state index in [2.05, 4.69) is 24.2 Å². The molecule has 2 aliphatic heterocycles. The first kappa shape index (κ1) is 12.3. The third-order valence-corrected chi connectivity index (χ3v) is 3.73. The third kappa shape index (κ3) is 3.42. The fourth-order valence-electron chi connectivity index (χ4n) is 2.43. The lowest BCUT2D eigenvalue weighted by Gasteiger charge is -2.36. The number of piperidine rings is 1. The first-order valence-corrected chi connectivity index (χ1v) is 6.38. The Labute approximate surface area is 98.3 Å². The molecule has 2 fully saturated rings. The summed E-state index contributed by atoms with van der Waals surface area (Å²) in [5.74, 6) is 0. The van der Waals surface area contributed by atoms with Crippen molar-refractivity contribution in [2.24, 2.45) is 0 Å². The number of nitrogens with one attached hydrogen (secondary N) is 1. The first-order valence-electron chi connectivity index (χ1n) is 6.38. The zero-order chi connectivity index (χ0) is 11.4. The van der Waals surface area contributed by atoms with E-state index >= 15 is 0 Å². The van der Waals surface area contributed by atoms with Gasteiger partial charge in [-0.2, -0.15) is 0 Å². The van der Waals surface area contributed by atoms with E-state index in [0.717, 1.165) is 26.4 Å². The minimum Gasteiger partial charge on any atom is -0.376 e. The van der Waals surface area contributed by atoms with Crippen molar-refractivity contribution in [2.45, 2.75) is 38.0 Å². The summed E-state index contributed by atoms with van der Waals surface area (Å²) in [6.07, 6.45) is 2.74. The molecule has 2 aliphatic rings. The molecule has 3 unspecified atom stereocenters. The molecule has 0 saturated carbocycles. The van der Waals surface area contributed by atoms with Gasteiger partial charge in [-0.3, -0.25) is 0 Å². The van der Waals surface area contributed by atoms with Gasteiger partial charge in [-0.15, -0.1) is 0 Å². The summed E-state index contributed by atoms with van der Waals surface area (Å²) < 4.78 is 11.0. The molecule has 4 nitrogen and oxygen atoms in total. The van der Waals surface area contributed by atoms with Crippen molar-refractivity contribution in [3.63, 3.8) is 0 Å². The fraction of sp³-hybridized carbons (Fsp3) is 1.00. The maximum atomic E-state index is 5.62. The molecule has 4 heteroatoms. The van der Waals surface area contributed by atoms with Gasteiger partial charge in [0.25, 0.3) is 0 Å². The number of nitrogens with zero attached hydrogens (tertiary/aromatic N) is 1. The average molecular weight is 228 g/mol. The summed E-state index contributed by atoms with van der Waals surface area (Å²) in [7, 11) is 2.21. The highest BCUT2D eigenvalue weighted by atomic mass is 16.6. The van der Waals surface area contributed by atoms with E-state index in [1.165, 1.54) is 19.4 Å². The summed E-state index contributed by atoms with van der Waals surface area (Å²) in [5.41, 5.74) is 0. The molecule has 0 amide bonds. The van der Waals surface area contributed by atoms with Crippen LogP contribution >= 0.6 is 0 Å². The first-order chi connectivity index (χ1) is 7.75. The van der Waals surface area contributed by atoms with Gasteiger partial charge in [-0.25, -0.2) is 0 Å². The van der Waals surface area contributed by atoms with Crippen LogP contribution in [0.1, 0.15) is 19.8 Å². The number of likely N-dealkylation sites (tertiary alicyclic amines) is 1. The van der Waals surface area contributed by atoms with Crippen molar-refractivity contribution in [1.29, 1.82) is 0 Å². The van der Waals surface area contributed by atoms with Crippen LogP contribution in [0.5, 0.6) is 0 Å². The van der Waals surface area contributed by atoms with Crippen LogP contribution in [0.4, 0.5) is 0 Å². The van der Waals surface area contributed by atoms with E-state index < -0.39 is 0 Å². The Balaban J connectivity index is 1.65. The fourth-order valence-corrected chi connectivity index (χ4v) is 2.43.